The average molecular weight is 516 g/mol. The number of fused-ring (bicyclic) bond motifs is 1. The fraction of sp³-hybridized carbons (Fsp3) is 0.231. The molecule has 1 heterocycles. The Bertz CT molecular complexity index is 1340. The average Bonchev–Trinajstić information content (AvgIpc) is 3.20. The van der Waals surface area contributed by atoms with E-state index in [9.17, 15) is 14.4 Å². The zero-order valence-electron chi connectivity index (χ0n) is 18.0. The van der Waals surface area contributed by atoms with Crippen molar-refractivity contribution in [3.05, 3.63) is 94.8 Å². The molecule has 0 N–H and O–H groups in total. The van der Waals surface area contributed by atoms with Crippen LogP contribution >= 0.6 is 23.2 Å². The number of alkyl halides is 3. The zero-order valence-corrected chi connectivity index (χ0v) is 19.5. The number of halogens is 4. The predicted octanol–water partition coefficient (Wildman–Crippen LogP) is 6.24. The quantitative estimate of drug-likeness (QED) is 0.287. The molecule has 3 unspecified atom stereocenters. The summed E-state index contributed by atoms with van der Waals surface area (Å²) in [5.41, 5.74) is -0.899. The molecular formula is C26H17Cl2F2NO4. The van der Waals surface area contributed by atoms with Gasteiger partial charge in [-0.05, 0) is 35.4 Å². The first-order chi connectivity index (χ1) is 16.8. The largest absolute Gasteiger partial charge is 0.454 e. The van der Waals surface area contributed by atoms with Gasteiger partial charge in [-0.15, -0.1) is 0 Å². The summed E-state index contributed by atoms with van der Waals surface area (Å²) in [5.74, 6) is -0.674. The van der Waals surface area contributed by atoms with E-state index < -0.39 is 33.8 Å². The van der Waals surface area contributed by atoms with Crippen LogP contribution in [0.4, 0.5) is 8.78 Å². The van der Waals surface area contributed by atoms with Crippen LogP contribution in [0.25, 0.3) is 0 Å². The Morgan fingerprint density at radius 3 is 2.43 bits per heavy atom. The van der Waals surface area contributed by atoms with Gasteiger partial charge in [0, 0.05) is 17.5 Å². The first kappa shape index (κ1) is 23.4. The van der Waals surface area contributed by atoms with Crippen LogP contribution in [0.3, 0.4) is 0 Å². The summed E-state index contributed by atoms with van der Waals surface area (Å²) in [6, 6.07) is 18.3. The second-order valence-corrected chi connectivity index (χ2v) is 9.81. The Balaban J connectivity index is 1.43. The maximum absolute atomic E-state index is 15.1. The molecule has 0 aromatic heterocycles. The highest BCUT2D eigenvalue weighted by atomic mass is 35.5. The molecule has 35 heavy (non-hydrogen) atoms. The lowest BCUT2D eigenvalue weighted by molar-refractivity contribution is -0.150. The maximum atomic E-state index is 15.1. The third kappa shape index (κ3) is 3.97. The number of esters is 1. The Labute approximate surface area is 209 Å². The van der Waals surface area contributed by atoms with Crippen LogP contribution in [-0.4, -0.2) is 17.1 Å². The minimum absolute atomic E-state index is 0.0467. The molecule has 3 aromatic carbocycles. The topological polar surface area (TPSA) is 68.5 Å². The summed E-state index contributed by atoms with van der Waals surface area (Å²) in [4.78, 5) is 13.3. The third-order valence-electron chi connectivity index (χ3n) is 6.23. The Morgan fingerprint density at radius 2 is 1.74 bits per heavy atom. The van der Waals surface area contributed by atoms with Crippen LogP contribution in [0.1, 0.15) is 41.0 Å². The van der Waals surface area contributed by atoms with Gasteiger partial charge in [0.1, 0.15) is 21.6 Å². The van der Waals surface area contributed by atoms with E-state index in [1.165, 1.54) is 24.3 Å². The number of nitriles is 1. The Kier molecular flexibility index (Phi) is 5.82. The molecule has 178 valence electrons. The highest BCUT2D eigenvalue weighted by Gasteiger charge is 2.73. The molecule has 0 bridgehead atoms. The molecule has 0 saturated heterocycles. The van der Waals surface area contributed by atoms with Crippen LogP contribution in [0.2, 0.25) is 0 Å². The highest BCUT2D eigenvalue weighted by Crippen LogP contribution is 2.66. The van der Waals surface area contributed by atoms with Gasteiger partial charge in [0.25, 0.3) is 0 Å². The molecule has 1 saturated carbocycles. The van der Waals surface area contributed by atoms with E-state index in [0.717, 1.165) is 6.07 Å². The first-order valence-corrected chi connectivity index (χ1v) is 11.4. The van der Waals surface area contributed by atoms with Gasteiger partial charge in [-0.2, -0.15) is 5.26 Å². The van der Waals surface area contributed by atoms with Crippen LogP contribution in [0.15, 0.2) is 66.7 Å². The number of ether oxygens (including phenoxy) is 3. The van der Waals surface area contributed by atoms with Crippen molar-refractivity contribution < 1.29 is 27.8 Å². The van der Waals surface area contributed by atoms with E-state index in [1.807, 2.05) is 6.07 Å². The van der Waals surface area contributed by atoms with E-state index in [-0.39, 0.29) is 29.9 Å². The molecule has 2 aliphatic rings. The van der Waals surface area contributed by atoms with Crippen molar-refractivity contribution in [3.8, 4) is 17.6 Å². The van der Waals surface area contributed by atoms with Crippen molar-refractivity contribution in [1.82, 2.24) is 0 Å². The van der Waals surface area contributed by atoms with Crippen molar-refractivity contribution in [1.29, 1.82) is 5.26 Å². The summed E-state index contributed by atoms with van der Waals surface area (Å²) in [7, 11) is 0. The molecule has 5 rings (SSSR count). The van der Waals surface area contributed by atoms with Gasteiger partial charge < -0.3 is 14.2 Å². The van der Waals surface area contributed by atoms with E-state index in [4.69, 9.17) is 37.4 Å². The van der Waals surface area contributed by atoms with Gasteiger partial charge in [-0.25, -0.2) is 8.78 Å². The molecule has 1 aliphatic carbocycles. The molecule has 0 spiro atoms. The predicted molar refractivity (Wildman–Crippen MR) is 124 cm³/mol. The van der Waals surface area contributed by atoms with Crippen LogP contribution in [0.5, 0.6) is 11.5 Å². The molecule has 0 amide bonds. The number of carbonyl (C=O) groups is 1. The van der Waals surface area contributed by atoms with Gasteiger partial charge in [0.05, 0.1) is 0 Å². The fourth-order valence-electron chi connectivity index (χ4n) is 4.20. The first-order valence-electron chi connectivity index (χ1n) is 10.6. The van der Waals surface area contributed by atoms with Gasteiger partial charge in [0.2, 0.25) is 12.9 Å². The van der Waals surface area contributed by atoms with Crippen LogP contribution < -0.4 is 9.47 Å². The second-order valence-electron chi connectivity index (χ2n) is 8.32. The number of rotatable bonds is 6. The normalized spacial score (nSPS) is 21.0. The van der Waals surface area contributed by atoms with E-state index in [0.29, 0.717) is 17.1 Å². The smallest absolute Gasteiger partial charge is 0.321 e. The molecule has 5 nitrogen and oxygen atoms in total. The zero-order chi connectivity index (χ0) is 24.8. The summed E-state index contributed by atoms with van der Waals surface area (Å²) < 4.78 is 44.3. The van der Waals surface area contributed by atoms with Gasteiger partial charge in [-0.3, -0.25) is 4.79 Å². The Morgan fingerprint density at radius 1 is 1.03 bits per heavy atom. The summed E-state index contributed by atoms with van der Waals surface area (Å²) >= 11 is 12.8. The van der Waals surface area contributed by atoms with E-state index in [2.05, 4.69) is 0 Å². The van der Waals surface area contributed by atoms with Crippen molar-refractivity contribution in [2.75, 3.05) is 6.79 Å². The molecule has 3 aromatic rings. The minimum Gasteiger partial charge on any atom is -0.454 e. The van der Waals surface area contributed by atoms with E-state index >= 15 is 4.39 Å². The number of nitrogens with zero attached hydrogens (tertiary/aromatic N) is 1. The van der Waals surface area contributed by atoms with Gasteiger partial charge >= 0.3 is 5.97 Å². The number of hydrogen-bond donors (Lipinski definition) is 0. The maximum Gasteiger partial charge on any atom is 0.321 e. The van der Waals surface area contributed by atoms with Crippen molar-refractivity contribution in [2.45, 2.75) is 28.4 Å². The number of carbonyl (C=O) groups excluding carboxylic acids is 1. The number of hydrogen-bond acceptors (Lipinski definition) is 5. The van der Waals surface area contributed by atoms with Gasteiger partial charge in [0.15, 0.2) is 17.7 Å². The fourth-order valence-corrected chi connectivity index (χ4v) is 4.97. The summed E-state index contributed by atoms with van der Waals surface area (Å²) in [5, 5.41) is 9.74. The molecule has 1 fully saturated rings. The second kappa shape index (κ2) is 8.71. The molecule has 9 heteroatoms. The lowest BCUT2D eigenvalue weighted by Crippen LogP contribution is -2.30. The Hall–Kier alpha value is -3.34. The van der Waals surface area contributed by atoms with E-state index in [1.54, 1.807) is 36.4 Å². The van der Waals surface area contributed by atoms with Crippen molar-refractivity contribution >= 4 is 29.2 Å². The molecular weight excluding hydrogens is 499 g/mol. The lowest BCUT2D eigenvalue weighted by atomic mass is 9.95. The molecule has 0 radical (unpaired) electrons. The monoisotopic (exact) mass is 515 g/mol. The lowest BCUT2D eigenvalue weighted by Gasteiger charge is -2.21. The summed E-state index contributed by atoms with van der Waals surface area (Å²) in [6.45, 7) is 0.0467. The van der Waals surface area contributed by atoms with Crippen LogP contribution in [-0.2, 0) is 14.9 Å². The SMILES string of the molecule is N#CC(OC(=O)C1(c2ccc3c(c2)OCO3)CC1(Cl)Cl)c1ccc(F)c(C(F)c2ccccc2)c1. The van der Waals surface area contributed by atoms with Crippen molar-refractivity contribution in [2.24, 2.45) is 0 Å². The van der Waals surface area contributed by atoms with Crippen LogP contribution in [0, 0.1) is 17.1 Å². The minimum atomic E-state index is -1.77. The molecule has 1 aliphatic heterocycles. The third-order valence-corrected chi connectivity index (χ3v) is 7.14. The van der Waals surface area contributed by atoms with Gasteiger partial charge in [-0.1, -0.05) is 65.7 Å². The standard InChI is InChI=1S/C26H17Cl2F2NO4/c27-26(28)13-25(26,17-7-9-20-21(11-17)34-14-33-20)24(32)35-22(12-31)16-6-8-19(29)18(10-16)23(30)15-4-2-1-3-5-15/h1-11,22-23H,13-14H2. The molecule has 3 atom stereocenters. The number of benzene rings is 3. The highest BCUT2D eigenvalue weighted by molar-refractivity contribution is 6.54. The summed E-state index contributed by atoms with van der Waals surface area (Å²) in [6.07, 6.45) is -3.16. The van der Waals surface area contributed by atoms with Crippen molar-refractivity contribution in [3.63, 3.8) is 0 Å².